The minimum absolute atomic E-state index is 0.751. The third-order valence-electron chi connectivity index (χ3n) is 2.62. The molecule has 1 heterocycles. The summed E-state index contributed by atoms with van der Waals surface area (Å²) in [5.74, 6) is 1.25. The second kappa shape index (κ2) is 6.68. The Morgan fingerprint density at radius 2 is 2.31 bits per heavy atom. The maximum absolute atomic E-state index is 3.58. The molecule has 3 heteroatoms. The third-order valence-corrected chi connectivity index (χ3v) is 3.21. The Balaban J connectivity index is 2.07. The zero-order valence-corrected chi connectivity index (χ0v) is 9.70. The molecule has 1 saturated heterocycles. The zero-order valence-electron chi connectivity index (χ0n) is 8.88. The van der Waals surface area contributed by atoms with Gasteiger partial charge in [-0.3, -0.25) is 0 Å². The molecule has 0 amide bonds. The van der Waals surface area contributed by atoms with Crippen LogP contribution in [0.4, 0.5) is 0 Å². The van der Waals surface area contributed by atoms with E-state index in [9.17, 15) is 0 Å². The van der Waals surface area contributed by atoms with Crippen molar-refractivity contribution in [1.82, 2.24) is 10.2 Å². The van der Waals surface area contributed by atoms with Crippen molar-refractivity contribution in [3.8, 4) is 0 Å². The van der Waals surface area contributed by atoms with Crippen LogP contribution < -0.4 is 5.32 Å². The van der Waals surface area contributed by atoms with Gasteiger partial charge in [-0.05, 0) is 32.7 Å². The molecular formula is C10H22N2S. The van der Waals surface area contributed by atoms with Gasteiger partial charge in [-0.25, -0.2) is 0 Å². The Morgan fingerprint density at radius 3 is 2.92 bits per heavy atom. The summed E-state index contributed by atoms with van der Waals surface area (Å²) in [5.41, 5.74) is 0. The molecule has 1 unspecified atom stereocenters. The van der Waals surface area contributed by atoms with Gasteiger partial charge in [0.05, 0.1) is 0 Å². The van der Waals surface area contributed by atoms with Gasteiger partial charge in [-0.1, -0.05) is 6.42 Å². The van der Waals surface area contributed by atoms with Crippen molar-refractivity contribution < 1.29 is 0 Å². The summed E-state index contributed by atoms with van der Waals surface area (Å²) < 4.78 is 0. The van der Waals surface area contributed by atoms with E-state index in [1.54, 1.807) is 0 Å². The summed E-state index contributed by atoms with van der Waals surface area (Å²) in [7, 11) is 2.23. The highest BCUT2D eigenvalue weighted by atomic mass is 32.2. The molecule has 1 aliphatic heterocycles. The van der Waals surface area contributed by atoms with Gasteiger partial charge in [0, 0.05) is 24.9 Å². The molecule has 2 nitrogen and oxygen atoms in total. The summed E-state index contributed by atoms with van der Waals surface area (Å²) in [6, 6.07) is 0.751. The lowest BCUT2D eigenvalue weighted by atomic mass is 10.0. The number of piperidine rings is 1. The number of nitrogens with one attached hydrogen (secondary N) is 1. The van der Waals surface area contributed by atoms with Crippen molar-refractivity contribution in [2.24, 2.45) is 0 Å². The van der Waals surface area contributed by atoms with Crippen molar-refractivity contribution in [1.29, 1.82) is 0 Å². The van der Waals surface area contributed by atoms with E-state index in [1.807, 2.05) is 11.8 Å². The van der Waals surface area contributed by atoms with Gasteiger partial charge >= 0.3 is 0 Å². The predicted molar refractivity (Wildman–Crippen MR) is 61.5 cm³/mol. The molecule has 0 saturated carbocycles. The number of hydrogen-bond acceptors (Lipinski definition) is 3. The van der Waals surface area contributed by atoms with Gasteiger partial charge in [-0.2, -0.15) is 11.8 Å². The predicted octanol–water partition coefficient (Wildman–Crippen LogP) is 1.42. The highest BCUT2D eigenvalue weighted by Crippen LogP contribution is 2.07. The van der Waals surface area contributed by atoms with E-state index < -0.39 is 0 Å². The van der Waals surface area contributed by atoms with Gasteiger partial charge < -0.3 is 10.2 Å². The minimum Gasteiger partial charge on any atom is -0.313 e. The molecule has 78 valence electrons. The molecule has 0 aromatic heterocycles. The molecule has 1 fully saturated rings. The maximum Gasteiger partial charge on any atom is 0.0194 e. The standard InChI is InChI=1S/C10H22N2S/c1-12(7-8-13-2)9-10-5-3-4-6-11-10/h10-11H,3-9H2,1-2H3. The number of hydrogen-bond donors (Lipinski definition) is 1. The lowest BCUT2D eigenvalue weighted by molar-refractivity contribution is 0.273. The highest BCUT2D eigenvalue weighted by Gasteiger charge is 2.13. The number of likely N-dealkylation sites (N-methyl/N-ethyl adjacent to an activating group) is 1. The molecule has 1 atom stereocenters. The van der Waals surface area contributed by atoms with Crippen molar-refractivity contribution >= 4 is 11.8 Å². The summed E-state index contributed by atoms with van der Waals surface area (Å²) in [6.45, 7) is 3.67. The largest absolute Gasteiger partial charge is 0.313 e. The molecule has 0 radical (unpaired) electrons. The smallest absolute Gasteiger partial charge is 0.0194 e. The first-order valence-electron chi connectivity index (χ1n) is 5.24. The molecule has 0 bridgehead atoms. The Hall–Kier alpha value is 0.270. The molecule has 0 aromatic carbocycles. The summed E-state index contributed by atoms with van der Waals surface area (Å²) in [5, 5.41) is 3.58. The molecule has 0 aromatic rings. The van der Waals surface area contributed by atoms with Crippen LogP contribution in [-0.4, -0.2) is 49.6 Å². The fourth-order valence-electron chi connectivity index (χ4n) is 1.79. The molecule has 1 N–H and O–H groups in total. The minimum atomic E-state index is 0.751. The SMILES string of the molecule is CSCCN(C)CC1CCCCN1. The van der Waals surface area contributed by atoms with Crippen LogP contribution in [0.5, 0.6) is 0 Å². The molecule has 1 aliphatic rings. The van der Waals surface area contributed by atoms with Gasteiger partial charge in [0.25, 0.3) is 0 Å². The van der Waals surface area contributed by atoms with Crippen LogP contribution in [0.1, 0.15) is 19.3 Å². The Morgan fingerprint density at radius 1 is 1.46 bits per heavy atom. The summed E-state index contributed by atoms with van der Waals surface area (Å²) in [6.07, 6.45) is 6.31. The fourth-order valence-corrected chi connectivity index (χ4v) is 2.29. The Bertz CT molecular complexity index is 124. The van der Waals surface area contributed by atoms with Gasteiger partial charge in [0.15, 0.2) is 0 Å². The number of nitrogens with zero attached hydrogens (tertiary/aromatic N) is 1. The first-order valence-corrected chi connectivity index (χ1v) is 6.63. The van der Waals surface area contributed by atoms with E-state index in [2.05, 4.69) is 23.5 Å². The highest BCUT2D eigenvalue weighted by molar-refractivity contribution is 7.98. The first-order chi connectivity index (χ1) is 6.33. The van der Waals surface area contributed by atoms with Crippen molar-refractivity contribution in [3.05, 3.63) is 0 Å². The number of rotatable bonds is 5. The van der Waals surface area contributed by atoms with Crippen molar-refractivity contribution in [2.45, 2.75) is 25.3 Å². The van der Waals surface area contributed by atoms with Crippen LogP contribution in [0.25, 0.3) is 0 Å². The summed E-state index contributed by atoms with van der Waals surface area (Å²) >= 11 is 1.93. The molecule has 0 spiro atoms. The van der Waals surface area contributed by atoms with Crippen LogP contribution in [0.3, 0.4) is 0 Å². The van der Waals surface area contributed by atoms with E-state index in [0.717, 1.165) is 6.04 Å². The molecule has 13 heavy (non-hydrogen) atoms. The Kier molecular flexibility index (Phi) is 5.83. The van der Waals surface area contributed by atoms with E-state index in [0.29, 0.717) is 0 Å². The summed E-state index contributed by atoms with van der Waals surface area (Å²) in [4.78, 5) is 2.44. The second-order valence-electron chi connectivity index (χ2n) is 3.90. The van der Waals surface area contributed by atoms with Crippen LogP contribution in [0.15, 0.2) is 0 Å². The maximum atomic E-state index is 3.58. The fraction of sp³-hybridized carbons (Fsp3) is 1.00. The lowest BCUT2D eigenvalue weighted by Gasteiger charge is -2.27. The van der Waals surface area contributed by atoms with E-state index in [-0.39, 0.29) is 0 Å². The normalized spacial score (nSPS) is 23.8. The average molecular weight is 202 g/mol. The van der Waals surface area contributed by atoms with Crippen LogP contribution in [0.2, 0.25) is 0 Å². The zero-order chi connectivity index (χ0) is 9.52. The van der Waals surface area contributed by atoms with Crippen LogP contribution >= 0.6 is 11.8 Å². The third kappa shape index (κ3) is 4.89. The van der Waals surface area contributed by atoms with Gasteiger partial charge in [-0.15, -0.1) is 0 Å². The van der Waals surface area contributed by atoms with E-state index >= 15 is 0 Å². The molecular weight excluding hydrogens is 180 g/mol. The quantitative estimate of drug-likeness (QED) is 0.726. The van der Waals surface area contributed by atoms with Crippen LogP contribution in [0, 0.1) is 0 Å². The van der Waals surface area contributed by atoms with Crippen LogP contribution in [-0.2, 0) is 0 Å². The monoisotopic (exact) mass is 202 g/mol. The molecule has 1 rings (SSSR count). The van der Waals surface area contributed by atoms with Crippen molar-refractivity contribution in [2.75, 3.05) is 38.7 Å². The lowest BCUT2D eigenvalue weighted by Crippen LogP contribution is -2.42. The van der Waals surface area contributed by atoms with Gasteiger partial charge in [0.2, 0.25) is 0 Å². The average Bonchev–Trinajstić information content (AvgIpc) is 2.16. The van der Waals surface area contributed by atoms with E-state index in [1.165, 1.54) is 44.6 Å². The van der Waals surface area contributed by atoms with Crippen molar-refractivity contribution in [3.63, 3.8) is 0 Å². The van der Waals surface area contributed by atoms with Gasteiger partial charge in [0.1, 0.15) is 0 Å². The Labute approximate surface area is 86.5 Å². The topological polar surface area (TPSA) is 15.3 Å². The van der Waals surface area contributed by atoms with E-state index in [4.69, 9.17) is 0 Å². The first kappa shape index (κ1) is 11.3. The second-order valence-corrected chi connectivity index (χ2v) is 4.89. The molecule has 0 aliphatic carbocycles. The number of thioether (sulfide) groups is 1.